The average Bonchev–Trinajstić information content (AvgIpc) is 3.39. The van der Waals surface area contributed by atoms with Crippen LogP contribution in [0.15, 0.2) is 42.7 Å². The highest BCUT2D eigenvalue weighted by Gasteiger charge is 2.46. The summed E-state index contributed by atoms with van der Waals surface area (Å²) in [6.45, 7) is 6.19. The molecule has 0 unspecified atom stereocenters. The predicted octanol–water partition coefficient (Wildman–Crippen LogP) is 5.25. The Morgan fingerprint density at radius 3 is 2.68 bits per heavy atom. The van der Waals surface area contributed by atoms with E-state index < -0.39 is 46.9 Å². The van der Waals surface area contributed by atoms with E-state index in [-0.39, 0.29) is 31.4 Å². The molecule has 1 spiro atoms. The van der Waals surface area contributed by atoms with Crippen LogP contribution in [0.4, 0.5) is 24.2 Å². The van der Waals surface area contributed by atoms with Crippen molar-refractivity contribution < 1.29 is 37.4 Å². The largest absolute Gasteiger partial charge is 0.463 e. The number of rotatable bonds is 7. The molecule has 0 bridgehead atoms. The van der Waals surface area contributed by atoms with Crippen molar-refractivity contribution >= 4 is 23.9 Å². The molecule has 3 aromatic rings. The molecule has 5 heterocycles. The van der Waals surface area contributed by atoms with Crippen molar-refractivity contribution in [1.29, 1.82) is 0 Å². The smallest absolute Gasteiger partial charge is 0.413 e. The van der Waals surface area contributed by atoms with Gasteiger partial charge in [0.15, 0.2) is 11.6 Å². The van der Waals surface area contributed by atoms with Gasteiger partial charge in [-0.15, -0.1) is 0 Å². The molecule has 1 fully saturated rings. The maximum atomic E-state index is 15.1. The van der Waals surface area contributed by atoms with Gasteiger partial charge in [-0.2, -0.15) is 0 Å². The van der Waals surface area contributed by atoms with Crippen molar-refractivity contribution in [1.82, 2.24) is 24.8 Å². The molecule has 0 radical (unpaired) electrons. The van der Waals surface area contributed by atoms with Crippen LogP contribution in [-0.2, 0) is 36.8 Å². The topological polar surface area (TPSA) is 137 Å². The van der Waals surface area contributed by atoms with Crippen LogP contribution < -0.4 is 10.6 Å². The monoisotopic (exact) mass is 652 g/mol. The van der Waals surface area contributed by atoms with Gasteiger partial charge in [-0.05, 0) is 50.5 Å². The number of imidazole rings is 1. The highest BCUT2D eigenvalue weighted by atomic mass is 19.2. The number of piperidine rings is 1. The van der Waals surface area contributed by atoms with Crippen molar-refractivity contribution in [3.63, 3.8) is 0 Å². The fourth-order valence-corrected chi connectivity index (χ4v) is 6.84. The van der Waals surface area contributed by atoms with Crippen LogP contribution in [0.1, 0.15) is 81.1 Å². The van der Waals surface area contributed by atoms with Crippen LogP contribution in [-0.4, -0.2) is 63.8 Å². The molecule has 47 heavy (non-hydrogen) atoms. The van der Waals surface area contributed by atoms with Gasteiger partial charge < -0.3 is 29.0 Å². The predicted molar refractivity (Wildman–Crippen MR) is 164 cm³/mol. The molecule has 1 aromatic carbocycles. The fraction of sp³-hybridized carbons (Fsp3) is 0.485. The summed E-state index contributed by atoms with van der Waals surface area (Å²) in [6, 6.07) is 7.00. The quantitative estimate of drug-likeness (QED) is 0.261. The van der Waals surface area contributed by atoms with E-state index >= 15 is 4.39 Å². The SMILES string of the molecule is CC(=O)OCCOC(C)(C)c1cnc2n1C[C@H](c1cccc(F)c1F)CC[C@H]2NC(=O)N1CCC2(CC1)OC(=O)Nc1ncccc12. The lowest BCUT2D eigenvalue weighted by molar-refractivity contribution is -0.144. The Morgan fingerprint density at radius 1 is 1.13 bits per heavy atom. The number of carbonyl (C=O) groups is 3. The minimum absolute atomic E-state index is 0.0739. The standard InChI is InChI=1S/C33H38F2N6O6/c1-20(42)45-16-17-46-32(2,3)26-18-37-29-25(10-9-21(19-41(26)29)22-6-4-8-24(34)27(22)35)38-30(43)40-14-11-33(12-15-40)23-7-5-13-36-28(23)39-31(44)47-33/h4-8,13,18,21,25H,9-12,14-17,19H2,1-3H3,(H,38,43)(H,36,39,44)/t21-,25-/m1/s1. The number of ether oxygens (including phenoxy) is 3. The lowest BCUT2D eigenvalue weighted by atomic mass is 9.83. The second-order valence-electron chi connectivity index (χ2n) is 12.6. The molecule has 3 amide bonds. The molecule has 6 rings (SSSR count). The molecular weight excluding hydrogens is 614 g/mol. The highest BCUT2D eigenvalue weighted by Crippen LogP contribution is 2.43. The third-order valence-electron chi connectivity index (χ3n) is 9.26. The summed E-state index contributed by atoms with van der Waals surface area (Å²) in [5.74, 6) is -1.59. The number of esters is 1. The Labute approximate surface area is 270 Å². The molecular formula is C33H38F2N6O6. The van der Waals surface area contributed by atoms with E-state index in [2.05, 4.69) is 15.6 Å². The van der Waals surface area contributed by atoms with E-state index in [9.17, 15) is 18.8 Å². The fourth-order valence-electron chi connectivity index (χ4n) is 6.84. The van der Waals surface area contributed by atoms with E-state index in [1.54, 1.807) is 29.4 Å². The number of anilines is 1. The summed E-state index contributed by atoms with van der Waals surface area (Å²) in [6.07, 6.45) is 4.39. The number of urea groups is 1. The molecule has 12 nitrogen and oxygen atoms in total. The van der Waals surface area contributed by atoms with Gasteiger partial charge in [0.2, 0.25) is 0 Å². The molecule has 14 heteroatoms. The minimum atomic E-state index is -0.919. The molecule has 2 atom stereocenters. The number of amides is 3. The lowest BCUT2D eigenvalue weighted by Crippen LogP contribution is -2.52. The number of pyridine rings is 1. The number of carbonyl (C=O) groups excluding carboxylic acids is 3. The summed E-state index contributed by atoms with van der Waals surface area (Å²) < 4.78 is 48.2. The van der Waals surface area contributed by atoms with Gasteiger partial charge in [-0.3, -0.25) is 10.1 Å². The molecule has 2 aromatic heterocycles. The Balaban J connectivity index is 1.22. The first-order valence-corrected chi connectivity index (χ1v) is 15.8. The van der Waals surface area contributed by atoms with Crippen molar-refractivity contribution in [2.75, 3.05) is 31.6 Å². The second kappa shape index (κ2) is 12.9. The van der Waals surface area contributed by atoms with E-state index in [4.69, 9.17) is 19.2 Å². The van der Waals surface area contributed by atoms with E-state index in [1.807, 2.05) is 24.5 Å². The summed E-state index contributed by atoms with van der Waals surface area (Å²) >= 11 is 0. The summed E-state index contributed by atoms with van der Waals surface area (Å²) in [7, 11) is 0. The van der Waals surface area contributed by atoms with Gasteiger partial charge in [0.05, 0.1) is 24.5 Å². The number of benzene rings is 1. The van der Waals surface area contributed by atoms with Crippen LogP contribution >= 0.6 is 0 Å². The zero-order valence-corrected chi connectivity index (χ0v) is 26.6. The minimum Gasteiger partial charge on any atom is -0.463 e. The number of nitrogens with one attached hydrogen (secondary N) is 2. The number of fused-ring (bicyclic) bond motifs is 3. The lowest BCUT2D eigenvalue weighted by Gasteiger charge is -2.43. The summed E-state index contributed by atoms with van der Waals surface area (Å²) in [4.78, 5) is 47.9. The molecule has 0 aliphatic carbocycles. The first-order valence-electron chi connectivity index (χ1n) is 15.8. The number of likely N-dealkylation sites (tertiary alicyclic amines) is 1. The van der Waals surface area contributed by atoms with E-state index in [1.165, 1.54) is 13.0 Å². The average molecular weight is 653 g/mol. The van der Waals surface area contributed by atoms with E-state index in [0.29, 0.717) is 56.1 Å². The van der Waals surface area contributed by atoms with Gasteiger partial charge in [-0.25, -0.2) is 28.3 Å². The molecule has 0 saturated carbocycles. The number of hydrogen-bond acceptors (Lipinski definition) is 8. The molecule has 1 saturated heterocycles. The molecule has 2 N–H and O–H groups in total. The first kappa shape index (κ1) is 32.4. The number of nitrogens with zero attached hydrogens (tertiary/aromatic N) is 4. The molecule has 3 aliphatic heterocycles. The van der Waals surface area contributed by atoms with Gasteiger partial charge >= 0.3 is 18.1 Å². The number of aromatic nitrogens is 3. The van der Waals surface area contributed by atoms with E-state index in [0.717, 1.165) is 11.6 Å². The van der Waals surface area contributed by atoms with Gasteiger partial charge in [0, 0.05) is 57.1 Å². The highest BCUT2D eigenvalue weighted by molar-refractivity contribution is 5.87. The zero-order valence-electron chi connectivity index (χ0n) is 26.6. The summed E-state index contributed by atoms with van der Waals surface area (Å²) in [5.41, 5.74) is -0.0544. The Bertz CT molecular complexity index is 1670. The van der Waals surface area contributed by atoms with Crippen LogP contribution in [0.25, 0.3) is 0 Å². The zero-order chi connectivity index (χ0) is 33.3. The van der Waals surface area contributed by atoms with Crippen LogP contribution in [0, 0.1) is 11.6 Å². The summed E-state index contributed by atoms with van der Waals surface area (Å²) in [5, 5.41) is 5.78. The van der Waals surface area contributed by atoms with Crippen LogP contribution in [0.5, 0.6) is 0 Å². The van der Waals surface area contributed by atoms with Gasteiger partial charge in [0.25, 0.3) is 0 Å². The van der Waals surface area contributed by atoms with Gasteiger partial charge in [0.1, 0.15) is 29.5 Å². The Hall–Kier alpha value is -4.59. The number of halogens is 2. The molecule has 3 aliphatic rings. The molecule has 250 valence electrons. The van der Waals surface area contributed by atoms with Gasteiger partial charge in [-0.1, -0.05) is 12.1 Å². The maximum absolute atomic E-state index is 15.1. The Kier molecular flexibility index (Phi) is 8.88. The third-order valence-corrected chi connectivity index (χ3v) is 9.26. The van der Waals surface area contributed by atoms with Crippen molar-refractivity contribution in [2.45, 2.75) is 76.2 Å². The van der Waals surface area contributed by atoms with Crippen molar-refractivity contribution in [3.8, 4) is 0 Å². The Morgan fingerprint density at radius 2 is 1.91 bits per heavy atom. The van der Waals surface area contributed by atoms with Crippen LogP contribution in [0.3, 0.4) is 0 Å². The second-order valence-corrected chi connectivity index (χ2v) is 12.6. The maximum Gasteiger partial charge on any atom is 0.413 e. The van der Waals surface area contributed by atoms with Crippen LogP contribution in [0.2, 0.25) is 0 Å². The number of hydrogen-bond donors (Lipinski definition) is 2. The van der Waals surface area contributed by atoms with Crippen molar-refractivity contribution in [3.05, 3.63) is 77.0 Å². The third kappa shape index (κ3) is 6.51. The normalized spacial score (nSPS) is 20.4. The van der Waals surface area contributed by atoms with Crippen molar-refractivity contribution in [2.24, 2.45) is 0 Å². The first-order chi connectivity index (χ1) is 22.5.